The molecular formula is C6H6O6S2. The van der Waals surface area contributed by atoms with Crippen molar-refractivity contribution in [3.8, 4) is 0 Å². The summed E-state index contributed by atoms with van der Waals surface area (Å²) in [5.41, 5.74) is 0. The number of rotatable bonds is 2. The van der Waals surface area contributed by atoms with Crippen LogP contribution in [0, 0.1) is 0 Å². The fourth-order valence-electron chi connectivity index (χ4n) is 0.876. The molecule has 0 unspecified atom stereocenters. The molecule has 2 N–H and O–H groups in total. The molecule has 0 atom stereocenters. The van der Waals surface area contributed by atoms with Gasteiger partial charge in [-0.05, 0) is 12.1 Å². The third-order valence-corrected chi connectivity index (χ3v) is 3.36. The first-order valence-electron chi connectivity index (χ1n) is 3.27. The van der Waals surface area contributed by atoms with Crippen LogP contribution in [0.15, 0.2) is 34.1 Å². The topological polar surface area (TPSA) is 109 Å². The van der Waals surface area contributed by atoms with Crippen molar-refractivity contribution >= 4 is 20.2 Å². The monoisotopic (exact) mass is 238 g/mol. The molecule has 0 bridgehead atoms. The Kier molecular flexibility index (Phi) is 2.63. The van der Waals surface area contributed by atoms with Crippen LogP contribution in [0.5, 0.6) is 0 Å². The fraction of sp³-hybridized carbons (Fsp3) is 0. The largest absolute Gasteiger partial charge is 0.295 e. The van der Waals surface area contributed by atoms with E-state index in [-0.39, 0.29) is 0 Å². The highest BCUT2D eigenvalue weighted by Crippen LogP contribution is 2.19. The summed E-state index contributed by atoms with van der Waals surface area (Å²) in [5.74, 6) is 0. The zero-order chi connectivity index (χ0) is 11.0. The molecule has 0 aromatic heterocycles. The molecule has 0 saturated carbocycles. The van der Waals surface area contributed by atoms with E-state index in [1.807, 2.05) is 0 Å². The fourth-order valence-corrected chi connectivity index (χ4v) is 2.65. The van der Waals surface area contributed by atoms with Gasteiger partial charge in [-0.2, -0.15) is 16.8 Å². The molecule has 0 radical (unpaired) electrons. The second-order valence-corrected chi connectivity index (χ2v) is 5.18. The molecule has 0 heterocycles. The number of benzene rings is 1. The number of hydrogen-bond donors (Lipinski definition) is 2. The Hall–Kier alpha value is -0.960. The van der Waals surface area contributed by atoms with Gasteiger partial charge < -0.3 is 0 Å². The summed E-state index contributed by atoms with van der Waals surface area (Å²) in [6.45, 7) is 0. The maximum absolute atomic E-state index is 10.7. The Morgan fingerprint density at radius 1 is 0.786 bits per heavy atom. The van der Waals surface area contributed by atoms with Gasteiger partial charge in [0.1, 0.15) is 9.79 Å². The molecule has 0 fully saturated rings. The normalized spacial score (nSPS) is 12.7. The maximum atomic E-state index is 10.7. The summed E-state index contributed by atoms with van der Waals surface area (Å²) in [5, 5.41) is 0. The van der Waals surface area contributed by atoms with Gasteiger partial charge in [-0.25, -0.2) is 0 Å². The van der Waals surface area contributed by atoms with E-state index < -0.39 is 30.0 Å². The third kappa shape index (κ3) is 2.29. The van der Waals surface area contributed by atoms with Gasteiger partial charge >= 0.3 is 0 Å². The lowest BCUT2D eigenvalue weighted by Crippen LogP contribution is -2.07. The van der Waals surface area contributed by atoms with Crippen LogP contribution >= 0.6 is 0 Å². The van der Waals surface area contributed by atoms with Gasteiger partial charge in [-0.15, -0.1) is 0 Å². The lowest BCUT2D eigenvalue weighted by molar-refractivity contribution is 0.466. The van der Waals surface area contributed by atoms with Gasteiger partial charge in [-0.3, -0.25) is 9.11 Å². The molecule has 1 aromatic rings. The summed E-state index contributed by atoms with van der Waals surface area (Å²) >= 11 is 0. The first-order chi connectivity index (χ1) is 6.23. The summed E-state index contributed by atoms with van der Waals surface area (Å²) in [4.78, 5) is -1.69. The Morgan fingerprint density at radius 2 is 1.07 bits per heavy atom. The molecule has 1 aromatic carbocycles. The van der Waals surface area contributed by atoms with E-state index in [0.29, 0.717) is 0 Å². The smallest absolute Gasteiger partial charge is 0.282 e. The average molecular weight is 238 g/mol. The number of hydrogen-bond acceptors (Lipinski definition) is 4. The highest BCUT2D eigenvalue weighted by atomic mass is 32.2. The van der Waals surface area contributed by atoms with E-state index in [1.54, 1.807) is 0 Å². The highest BCUT2D eigenvalue weighted by molar-refractivity contribution is 7.89. The van der Waals surface area contributed by atoms with Gasteiger partial charge in [-0.1, -0.05) is 12.1 Å². The van der Waals surface area contributed by atoms with Crippen molar-refractivity contribution in [2.75, 3.05) is 0 Å². The molecular weight excluding hydrogens is 232 g/mol. The highest BCUT2D eigenvalue weighted by Gasteiger charge is 2.22. The van der Waals surface area contributed by atoms with E-state index in [0.717, 1.165) is 12.1 Å². The molecule has 0 aliphatic heterocycles. The van der Waals surface area contributed by atoms with Crippen LogP contribution in [0.3, 0.4) is 0 Å². The molecule has 1 rings (SSSR count). The SMILES string of the molecule is O=S(=O)(O)c1ccccc1S(=O)(=O)O. The van der Waals surface area contributed by atoms with Crippen LogP contribution in [-0.4, -0.2) is 25.9 Å². The van der Waals surface area contributed by atoms with Crippen LogP contribution in [0.2, 0.25) is 0 Å². The zero-order valence-corrected chi connectivity index (χ0v) is 8.29. The van der Waals surface area contributed by atoms with Gasteiger partial charge in [0.15, 0.2) is 0 Å². The van der Waals surface area contributed by atoms with Crippen LogP contribution in [-0.2, 0) is 20.2 Å². The van der Waals surface area contributed by atoms with Crippen molar-refractivity contribution in [3.05, 3.63) is 24.3 Å². The third-order valence-electron chi connectivity index (χ3n) is 1.40. The standard InChI is InChI=1S/C6H6O6S2/c7-13(8,9)5-3-1-2-4-6(5)14(10,11)12/h1-4H,(H,7,8,9)(H,10,11,12). The van der Waals surface area contributed by atoms with E-state index in [1.165, 1.54) is 12.1 Å². The summed E-state index contributed by atoms with van der Waals surface area (Å²) < 4.78 is 60.0. The van der Waals surface area contributed by atoms with Crippen molar-refractivity contribution in [2.24, 2.45) is 0 Å². The van der Waals surface area contributed by atoms with E-state index >= 15 is 0 Å². The minimum Gasteiger partial charge on any atom is -0.282 e. The summed E-state index contributed by atoms with van der Waals surface area (Å²) in [7, 11) is -9.31. The second kappa shape index (κ2) is 3.31. The van der Waals surface area contributed by atoms with Gasteiger partial charge in [0.2, 0.25) is 0 Å². The van der Waals surface area contributed by atoms with Gasteiger partial charge in [0.05, 0.1) is 0 Å². The Bertz CT molecular complexity index is 490. The molecule has 0 saturated heterocycles. The molecule has 14 heavy (non-hydrogen) atoms. The zero-order valence-electron chi connectivity index (χ0n) is 6.65. The Morgan fingerprint density at radius 3 is 1.29 bits per heavy atom. The van der Waals surface area contributed by atoms with E-state index in [4.69, 9.17) is 9.11 Å². The summed E-state index contributed by atoms with van der Waals surface area (Å²) in [6, 6.07) is 4.19. The summed E-state index contributed by atoms with van der Waals surface area (Å²) in [6.07, 6.45) is 0. The van der Waals surface area contributed by atoms with E-state index in [2.05, 4.69) is 0 Å². The second-order valence-electron chi connectivity index (χ2n) is 2.40. The molecule has 6 nitrogen and oxygen atoms in total. The predicted octanol–water partition coefficient (Wildman–Crippen LogP) is 0.180. The molecule has 0 aliphatic rings. The Labute approximate surface area is 80.7 Å². The van der Waals surface area contributed by atoms with Crippen molar-refractivity contribution in [2.45, 2.75) is 9.79 Å². The Balaban J connectivity index is 3.64. The molecule has 0 amide bonds. The minimum absolute atomic E-state index is 0.845. The first kappa shape index (κ1) is 11.1. The average Bonchev–Trinajstić information content (AvgIpc) is 2.01. The minimum atomic E-state index is -4.66. The quantitative estimate of drug-likeness (QED) is 0.711. The lowest BCUT2D eigenvalue weighted by Gasteiger charge is -2.02. The van der Waals surface area contributed by atoms with Crippen LogP contribution in [0.25, 0.3) is 0 Å². The van der Waals surface area contributed by atoms with Crippen molar-refractivity contribution in [1.82, 2.24) is 0 Å². The molecule has 0 aliphatic carbocycles. The van der Waals surface area contributed by atoms with Crippen molar-refractivity contribution < 1.29 is 25.9 Å². The van der Waals surface area contributed by atoms with Crippen molar-refractivity contribution in [3.63, 3.8) is 0 Å². The van der Waals surface area contributed by atoms with Gasteiger partial charge in [0, 0.05) is 0 Å². The van der Waals surface area contributed by atoms with Crippen LogP contribution in [0.1, 0.15) is 0 Å². The molecule has 0 spiro atoms. The molecule has 8 heteroatoms. The van der Waals surface area contributed by atoms with Crippen LogP contribution < -0.4 is 0 Å². The predicted molar refractivity (Wildman–Crippen MR) is 46.1 cm³/mol. The van der Waals surface area contributed by atoms with Crippen molar-refractivity contribution in [1.29, 1.82) is 0 Å². The van der Waals surface area contributed by atoms with Gasteiger partial charge in [0.25, 0.3) is 20.2 Å². The first-order valence-corrected chi connectivity index (χ1v) is 6.15. The maximum Gasteiger partial charge on any atom is 0.295 e. The lowest BCUT2D eigenvalue weighted by atomic mass is 10.4. The molecule has 78 valence electrons. The van der Waals surface area contributed by atoms with E-state index in [9.17, 15) is 16.8 Å². The van der Waals surface area contributed by atoms with Crippen LogP contribution in [0.4, 0.5) is 0 Å².